The molecule has 0 unspecified atom stereocenters. The number of aromatic nitrogens is 6. The Hall–Kier alpha value is -4.51. The van der Waals surface area contributed by atoms with Gasteiger partial charge in [0.05, 0.1) is 11.9 Å². The molecule has 0 aromatic carbocycles. The summed E-state index contributed by atoms with van der Waals surface area (Å²) < 4.78 is 5.35. The van der Waals surface area contributed by atoms with Crippen molar-refractivity contribution < 1.29 is 9.53 Å². The van der Waals surface area contributed by atoms with E-state index >= 15 is 0 Å². The van der Waals surface area contributed by atoms with Crippen LogP contribution in [-0.2, 0) is 4.74 Å². The summed E-state index contributed by atoms with van der Waals surface area (Å²) in [7, 11) is 0. The fourth-order valence-corrected chi connectivity index (χ4v) is 3.71. The predicted octanol–water partition coefficient (Wildman–Crippen LogP) is 3.43. The van der Waals surface area contributed by atoms with Crippen molar-refractivity contribution in [3.05, 3.63) is 72.4 Å². The second-order valence-electron chi connectivity index (χ2n) is 8.27. The van der Waals surface area contributed by atoms with Crippen LogP contribution < -0.4 is 16.0 Å². The van der Waals surface area contributed by atoms with Crippen molar-refractivity contribution >= 4 is 29.2 Å². The van der Waals surface area contributed by atoms with Gasteiger partial charge in [-0.1, -0.05) is 6.07 Å². The highest BCUT2D eigenvalue weighted by Gasteiger charge is 2.17. The highest BCUT2D eigenvalue weighted by atomic mass is 16.5. The van der Waals surface area contributed by atoms with Gasteiger partial charge < -0.3 is 20.7 Å². The Bertz CT molecular complexity index is 1340. The van der Waals surface area contributed by atoms with E-state index in [0.29, 0.717) is 41.4 Å². The maximum atomic E-state index is 12.2. The first kappa shape index (κ1) is 23.2. The Morgan fingerprint density at radius 2 is 1.86 bits per heavy atom. The van der Waals surface area contributed by atoms with Crippen molar-refractivity contribution in [1.82, 2.24) is 35.2 Å². The fourth-order valence-electron chi connectivity index (χ4n) is 3.71. The molecule has 36 heavy (non-hydrogen) atoms. The fraction of sp³-hybridized carbons (Fsp3) is 0.240. The van der Waals surface area contributed by atoms with Crippen molar-refractivity contribution in [2.45, 2.75) is 25.8 Å². The summed E-state index contributed by atoms with van der Waals surface area (Å²) in [5.74, 6) is 1.55. The minimum atomic E-state index is -0.442. The summed E-state index contributed by atoms with van der Waals surface area (Å²) in [6.45, 7) is 3.23. The lowest BCUT2D eigenvalue weighted by atomic mass is 10.2. The zero-order valence-corrected chi connectivity index (χ0v) is 19.7. The van der Waals surface area contributed by atoms with E-state index in [9.17, 15) is 4.79 Å². The molecule has 1 aliphatic heterocycles. The van der Waals surface area contributed by atoms with Crippen LogP contribution in [0.4, 0.5) is 23.3 Å². The van der Waals surface area contributed by atoms with Crippen molar-refractivity contribution in [1.29, 1.82) is 0 Å². The zero-order chi connectivity index (χ0) is 24.7. The number of aryl methyl sites for hydroxylation is 1. The number of pyridine rings is 2. The second-order valence-corrected chi connectivity index (χ2v) is 8.27. The summed E-state index contributed by atoms with van der Waals surface area (Å²) in [5, 5.41) is 9.55. The molecule has 1 atom stereocenters. The average Bonchev–Trinajstić information content (AvgIpc) is 3.42. The maximum Gasteiger partial charge on any atom is 0.356 e. The van der Waals surface area contributed by atoms with Gasteiger partial charge in [0.25, 0.3) is 0 Å². The molecule has 11 nitrogen and oxygen atoms in total. The van der Waals surface area contributed by atoms with Gasteiger partial charge >= 0.3 is 5.97 Å². The second kappa shape index (κ2) is 10.8. The summed E-state index contributed by atoms with van der Waals surface area (Å²) in [5.41, 5.74) is 2.47. The Morgan fingerprint density at radius 3 is 2.64 bits per heavy atom. The lowest BCUT2D eigenvalue weighted by Crippen LogP contribution is -2.28. The molecule has 182 valence electrons. The van der Waals surface area contributed by atoms with Crippen LogP contribution >= 0.6 is 0 Å². The molecule has 0 saturated carbocycles. The van der Waals surface area contributed by atoms with Gasteiger partial charge in [-0.2, -0.15) is 4.98 Å². The highest BCUT2D eigenvalue weighted by Crippen LogP contribution is 2.19. The van der Waals surface area contributed by atoms with Gasteiger partial charge in [0, 0.05) is 24.1 Å². The van der Waals surface area contributed by atoms with Crippen molar-refractivity contribution in [3.8, 4) is 11.5 Å². The quantitative estimate of drug-likeness (QED) is 0.318. The molecule has 0 radical (unpaired) electrons. The van der Waals surface area contributed by atoms with E-state index in [0.717, 1.165) is 25.1 Å². The van der Waals surface area contributed by atoms with Gasteiger partial charge in [-0.05, 0) is 62.7 Å². The number of rotatable bonds is 8. The van der Waals surface area contributed by atoms with Crippen LogP contribution in [0.15, 0.2) is 61.1 Å². The van der Waals surface area contributed by atoms with E-state index in [4.69, 9.17) is 4.74 Å². The normalized spacial score (nSPS) is 14.9. The Kier molecular flexibility index (Phi) is 6.99. The summed E-state index contributed by atoms with van der Waals surface area (Å²) in [6.07, 6.45) is 6.94. The summed E-state index contributed by atoms with van der Waals surface area (Å²) >= 11 is 0. The number of hydrogen-bond acceptors (Lipinski definition) is 11. The predicted molar refractivity (Wildman–Crippen MR) is 134 cm³/mol. The third-order valence-corrected chi connectivity index (χ3v) is 5.49. The number of anilines is 4. The molecule has 1 aliphatic rings. The lowest BCUT2D eigenvalue weighted by Gasteiger charge is -2.11. The molecule has 0 spiro atoms. The highest BCUT2D eigenvalue weighted by molar-refractivity contribution is 5.87. The lowest BCUT2D eigenvalue weighted by molar-refractivity contribution is 0.0466. The van der Waals surface area contributed by atoms with Gasteiger partial charge in [-0.15, -0.1) is 0 Å². The smallest absolute Gasteiger partial charge is 0.356 e. The molecular weight excluding hydrogens is 458 g/mol. The van der Waals surface area contributed by atoms with Crippen LogP contribution in [0.1, 0.15) is 29.0 Å². The number of hydrogen-bond donors (Lipinski definition) is 3. The molecular formula is C25H25N9O2. The average molecular weight is 484 g/mol. The van der Waals surface area contributed by atoms with Gasteiger partial charge in [-0.3, -0.25) is 0 Å². The van der Waals surface area contributed by atoms with Crippen molar-refractivity contribution in [2.24, 2.45) is 0 Å². The van der Waals surface area contributed by atoms with Gasteiger partial charge in [0.15, 0.2) is 5.82 Å². The molecule has 5 rings (SSSR count). The van der Waals surface area contributed by atoms with Crippen LogP contribution in [0, 0.1) is 6.92 Å². The van der Waals surface area contributed by atoms with Crippen LogP contribution in [0.5, 0.6) is 0 Å². The Morgan fingerprint density at radius 1 is 1.00 bits per heavy atom. The number of ether oxygens (including phenoxy) is 1. The monoisotopic (exact) mass is 483 g/mol. The van der Waals surface area contributed by atoms with Crippen molar-refractivity contribution in [2.75, 3.05) is 23.8 Å². The van der Waals surface area contributed by atoms with Crippen LogP contribution in [0.2, 0.25) is 0 Å². The zero-order valence-electron chi connectivity index (χ0n) is 19.7. The standard InChI is InChI=1S/C25H25N9O2/c1-16-4-2-6-19(30-16)23-27-12-9-21(33-23)32-22-10-13-28-25(34-22)31-17-7-8-20(29-14-17)24(35)36-15-18-5-3-11-26-18/h2,4,6-10,12-14,18,26H,3,5,11,15H2,1H3,(H2,27,28,31,32,33,34)/t18-/m0/s1. The number of nitrogens with zero attached hydrogens (tertiary/aromatic N) is 6. The molecule has 0 amide bonds. The SMILES string of the molecule is Cc1cccc(-c2nccc(Nc3ccnc(Nc4ccc(C(=O)OC[C@@H]5CCCN5)nc4)n3)n2)n1. The first-order valence-corrected chi connectivity index (χ1v) is 11.6. The largest absolute Gasteiger partial charge is 0.459 e. The number of nitrogens with one attached hydrogen (secondary N) is 3. The minimum absolute atomic E-state index is 0.223. The third-order valence-electron chi connectivity index (χ3n) is 5.49. The number of esters is 1. The molecule has 4 aromatic heterocycles. The van der Waals surface area contributed by atoms with Gasteiger partial charge in [0.1, 0.15) is 29.6 Å². The van der Waals surface area contributed by atoms with Gasteiger partial charge in [0.2, 0.25) is 5.95 Å². The third kappa shape index (κ3) is 5.94. The van der Waals surface area contributed by atoms with E-state index in [-0.39, 0.29) is 11.7 Å². The minimum Gasteiger partial charge on any atom is -0.459 e. The molecule has 4 aromatic rings. The first-order valence-electron chi connectivity index (χ1n) is 11.6. The summed E-state index contributed by atoms with van der Waals surface area (Å²) in [4.78, 5) is 38.5. The molecule has 1 fully saturated rings. The molecule has 1 saturated heterocycles. The van der Waals surface area contributed by atoms with Gasteiger partial charge in [-0.25, -0.2) is 29.7 Å². The van der Waals surface area contributed by atoms with E-state index in [2.05, 4.69) is 45.9 Å². The van der Waals surface area contributed by atoms with E-state index in [1.807, 2.05) is 25.1 Å². The molecule has 0 aliphatic carbocycles. The van der Waals surface area contributed by atoms with E-state index < -0.39 is 5.97 Å². The molecule has 0 bridgehead atoms. The van der Waals surface area contributed by atoms with E-state index in [1.54, 1.807) is 42.9 Å². The molecule has 11 heteroatoms. The van der Waals surface area contributed by atoms with Crippen molar-refractivity contribution in [3.63, 3.8) is 0 Å². The maximum absolute atomic E-state index is 12.2. The Balaban J connectivity index is 1.21. The van der Waals surface area contributed by atoms with Crippen LogP contribution in [0.25, 0.3) is 11.5 Å². The molecule has 3 N–H and O–H groups in total. The van der Waals surface area contributed by atoms with Crippen LogP contribution in [-0.4, -0.2) is 55.1 Å². The van der Waals surface area contributed by atoms with Crippen LogP contribution in [0.3, 0.4) is 0 Å². The number of carbonyl (C=O) groups is 1. The topological polar surface area (TPSA) is 140 Å². The Labute approximate surface area is 207 Å². The molecule has 5 heterocycles. The first-order chi connectivity index (χ1) is 17.6. The van der Waals surface area contributed by atoms with E-state index in [1.165, 1.54) is 0 Å². The summed E-state index contributed by atoms with van der Waals surface area (Å²) in [6, 6.07) is 12.7. The number of carbonyl (C=O) groups excluding carboxylic acids is 1.